The van der Waals surface area contributed by atoms with Gasteiger partial charge in [-0.15, -0.1) is 0 Å². The van der Waals surface area contributed by atoms with E-state index in [2.05, 4.69) is 27.9 Å². The zero-order valence-electron chi connectivity index (χ0n) is 8.39. The van der Waals surface area contributed by atoms with Crippen LogP contribution >= 0.6 is 22.6 Å². The van der Waals surface area contributed by atoms with E-state index in [-0.39, 0.29) is 5.54 Å². The van der Waals surface area contributed by atoms with E-state index in [0.717, 1.165) is 0 Å². The number of amides is 1. The molecule has 1 amide bonds. The summed E-state index contributed by atoms with van der Waals surface area (Å²) >= 11 is 2.09. The molecule has 0 aromatic rings. The molecule has 13 heavy (non-hydrogen) atoms. The van der Waals surface area contributed by atoms with Gasteiger partial charge in [-0.2, -0.15) is 0 Å². The van der Waals surface area contributed by atoms with Gasteiger partial charge in [0.15, 0.2) is 0 Å². The molecule has 0 aliphatic heterocycles. The first-order valence-corrected chi connectivity index (χ1v) is 5.49. The molecule has 78 valence electrons. The van der Waals surface area contributed by atoms with E-state index in [9.17, 15) is 4.79 Å². The van der Waals surface area contributed by atoms with Crippen molar-refractivity contribution in [3.8, 4) is 0 Å². The third-order valence-electron chi connectivity index (χ3n) is 1.10. The van der Waals surface area contributed by atoms with Crippen molar-refractivity contribution in [2.75, 3.05) is 11.5 Å². The number of hydrogen-bond acceptors (Lipinski definition) is 3. The van der Waals surface area contributed by atoms with Crippen LogP contribution in [0.2, 0.25) is 0 Å². The highest BCUT2D eigenvalue weighted by Gasteiger charge is 2.17. The highest BCUT2D eigenvalue weighted by molar-refractivity contribution is 14.1. The summed E-state index contributed by atoms with van der Waals surface area (Å²) in [5.41, 5.74) is -0.277. The van der Waals surface area contributed by atoms with Crippen LogP contribution in [0, 0.1) is 0 Å². The Labute approximate surface area is 92.5 Å². The van der Waals surface area contributed by atoms with Crippen molar-refractivity contribution in [1.29, 1.82) is 0 Å². The first-order valence-electron chi connectivity index (χ1n) is 3.96. The van der Waals surface area contributed by atoms with Gasteiger partial charge in [0.05, 0.1) is 4.43 Å². The molecule has 0 rings (SSSR count). The van der Waals surface area contributed by atoms with Gasteiger partial charge in [0, 0.05) is 12.6 Å². The first-order chi connectivity index (χ1) is 5.89. The fraction of sp³-hybridized carbons (Fsp3) is 0.875. The number of rotatable bonds is 3. The molecule has 0 aliphatic rings. The first kappa shape index (κ1) is 13.0. The van der Waals surface area contributed by atoms with Crippen molar-refractivity contribution in [2.24, 2.45) is 0 Å². The van der Waals surface area contributed by atoms with Gasteiger partial charge in [0.1, 0.15) is 0 Å². The van der Waals surface area contributed by atoms with Gasteiger partial charge < -0.3 is 14.8 Å². The summed E-state index contributed by atoms with van der Waals surface area (Å²) in [6, 6.07) is 0. The average molecular weight is 301 g/mol. The molecule has 0 saturated heterocycles. The Bertz CT molecular complexity index is 163. The number of alkyl carbamates (subject to hydrolysis) is 1. The van der Waals surface area contributed by atoms with Crippen LogP contribution in [-0.4, -0.2) is 29.5 Å². The maximum Gasteiger partial charge on any atom is 0.409 e. The Morgan fingerprint density at radius 2 is 2.08 bits per heavy atom. The second kappa shape index (κ2) is 5.64. The topological polar surface area (TPSA) is 47.6 Å². The molecule has 0 fully saturated rings. The van der Waals surface area contributed by atoms with Gasteiger partial charge in [-0.05, 0) is 20.8 Å². The summed E-state index contributed by atoms with van der Waals surface area (Å²) in [6.45, 7) is 5.67. The standard InChI is InChI=1S/C8H16INO3/c1-8(2,3)10-7(11)13-6(5-9)12-4/h6H,5H2,1-4H3,(H,10,11)/t6-/m1/s1. The van der Waals surface area contributed by atoms with Crippen molar-refractivity contribution in [3.05, 3.63) is 0 Å². The summed E-state index contributed by atoms with van der Waals surface area (Å²) in [6.07, 6.45) is -0.918. The molecule has 0 spiro atoms. The van der Waals surface area contributed by atoms with Crippen molar-refractivity contribution >= 4 is 28.7 Å². The maximum absolute atomic E-state index is 11.2. The molecule has 1 N–H and O–H groups in total. The molecule has 0 unspecified atom stereocenters. The van der Waals surface area contributed by atoms with Crippen molar-refractivity contribution in [2.45, 2.75) is 32.6 Å². The van der Waals surface area contributed by atoms with Crippen LogP contribution in [0.25, 0.3) is 0 Å². The lowest BCUT2D eigenvalue weighted by molar-refractivity contribution is -0.0635. The van der Waals surface area contributed by atoms with Crippen LogP contribution in [0.3, 0.4) is 0 Å². The van der Waals surface area contributed by atoms with Crippen molar-refractivity contribution in [1.82, 2.24) is 5.32 Å². The van der Waals surface area contributed by atoms with E-state index in [0.29, 0.717) is 4.43 Å². The number of carbonyl (C=O) groups excluding carboxylic acids is 1. The highest BCUT2D eigenvalue weighted by atomic mass is 127. The number of hydrogen-bond donors (Lipinski definition) is 1. The van der Waals surface area contributed by atoms with Crippen LogP contribution in [0.1, 0.15) is 20.8 Å². The lowest BCUT2D eigenvalue weighted by Gasteiger charge is -2.22. The van der Waals surface area contributed by atoms with E-state index in [1.165, 1.54) is 7.11 Å². The van der Waals surface area contributed by atoms with Gasteiger partial charge in [-0.1, -0.05) is 22.6 Å². The number of ether oxygens (including phenoxy) is 2. The van der Waals surface area contributed by atoms with Crippen LogP contribution in [-0.2, 0) is 9.47 Å². The third kappa shape index (κ3) is 7.06. The van der Waals surface area contributed by atoms with E-state index < -0.39 is 12.4 Å². The smallest absolute Gasteiger partial charge is 0.409 e. The molecule has 4 nitrogen and oxygen atoms in total. The zero-order chi connectivity index (χ0) is 10.5. The fourth-order valence-electron chi connectivity index (χ4n) is 0.598. The van der Waals surface area contributed by atoms with E-state index in [4.69, 9.17) is 9.47 Å². The second-order valence-corrected chi connectivity index (χ2v) is 4.48. The van der Waals surface area contributed by atoms with Crippen molar-refractivity contribution in [3.63, 3.8) is 0 Å². The monoisotopic (exact) mass is 301 g/mol. The molecule has 0 bridgehead atoms. The molecule has 0 aliphatic carbocycles. The summed E-state index contributed by atoms with van der Waals surface area (Å²) < 4.78 is 10.5. The average Bonchev–Trinajstić information content (AvgIpc) is 1.96. The summed E-state index contributed by atoms with van der Waals surface area (Å²) in [7, 11) is 1.51. The molecular weight excluding hydrogens is 285 g/mol. The van der Waals surface area contributed by atoms with Crippen molar-refractivity contribution < 1.29 is 14.3 Å². The summed E-state index contributed by atoms with van der Waals surface area (Å²) in [5.74, 6) is 0. The highest BCUT2D eigenvalue weighted by Crippen LogP contribution is 2.03. The van der Waals surface area contributed by atoms with E-state index >= 15 is 0 Å². The Morgan fingerprint density at radius 1 is 1.54 bits per heavy atom. The molecule has 0 aromatic heterocycles. The third-order valence-corrected chi connectivity index (χ3v) is 1.82. The molecule has 0 saturated carbocycles. The van der Waals surface area contributed by atoms with Gasteiger partial charge in [0.25, 0.3) is 0 Å². The SMILES string of the molecule is CO[C@@H](CI)OC(=O)NC(C)(C)C. The minimum Gasteiger partial charge on any atom is -0.419 e. The predicted molar refractivity (Wildman–Crippen MR) is 59.1 cm³/mol. The van der Waals surface area contributed by atoms with Crippen LogP contribution < -0.4 is 5.32 Å². The summed E-state index contributed by atoms with van der Waals surface area (Å²) in [5, 5.41) is 2.67. The largest absolute Gasteiger partial charge is 0.419 e. The van der Waals surface area contributed by atoms with Gasteiger partial charge in [-0.3, -0.25) is 0 Å². The Kier molecular flexibility index (Phi) is 5.62. The minimum atomic E-state index is -0.469. The molecule has 5 heteroatoms. The lowest BCUT2D eigenvalue weighted by atomic mass is 10.1. The Hall–Kier alpha value is -0.0400. The van der Waals surface area contributed by atoms with Gasteiger partial charge in [-0.25, -0.2) is 4.79 Å². The summed E-state index contributed by atoms with van der Waals surface area (Å²) in [4.78, 5) is 11.2. The molecule has 0 heterocycles. The van der Waals surface area contributed by atoms with Crippen LogP contribution in [0.4, 0.5) is 4.79 Å². The molecule has 0 aromatic carbocycles. The normalized spacial score (nSPS) is 13.6. The van der Waals surface area contributed by atoms with Gasteiger partial charge >= 0.3 is 6.09 Å². The Balaban J connectivity index is 3.86. The number of alkyl halides is 1. The fourth-order valence-corrected chi connectivity index (χ4v) is 1.14. The van der Waals surface area contributed by atoms with Crippen LogP contribution in [0.5, 0.6) is 0 Å². The minimum absolute atomic E-state index is 0.277. The number of carbonyl (C=O) groups is 1. The van der Waals surface area contributed by atoms with Crippen LogP contribution in [0.15, 0.2) is 0 Å². The number of nitrogens with one attached hydrogen (secondary N) is 1. The molecule has 0 radical (unpaired) electrons. The Morgan fingerprint density at radius 3 is 2.38 bits per heavy atom. The predicted octanol–water partition coefficient (Wildman–Crippen LogP) is 1.92. The second-order valence-electron chi connectivity index (χ2n) is 3.60. The van der Waals surface area contributed by atoms with E-state index in [1.54, 1.807) is 0 Å². The molecule has 1 atom stereocenters. The quantitative estimate of drug-likeness (QED) is 0.492. The molecular formula is C8H16INO3. The van der Waals surface area contributed by atoms with Gasteiger partial charge in [0.2, 0.25) is 6.29 Å². The maximum atomic E-state index is 11.2. The van der Waals surface area contributed by atoms with E-state index in [1.807, 2.05) is 20.8 Å². The lowest BCUT2D eigenvalue weighted by Crippen LogP contribution is -2.42. The zero-order valence-corrected chi connectivity index (χ0v) is 10.5. The number of halogens is 1. The number of methoxy groups -OCH3 is 1.